The van der Waals surface area contributed by atoms with Gasteiger partial charge in [0.15, 0.2) is 0 Å². The quantitative estimate of drug-likeness (QED) is 0.861. The van der Waals surface area contributed by atoms with Crippen LogP contribution in [0.1, 0.15) is 38.8 Å². The van der Waals surface area contributed by atoms with Crippen LogP contribution >= 0.6 is 15.9 Å². The summed E-state index contributed by atoms with van der Waals surface area (Å²) in [7, 11) is 0. The van der Waals surface area contributed by atoms with Gasteiger partial charge in [-0.2, -0.15) is 0 Å². The molecule has 1 unspecified atom stereocenters. The minimum atomic E-state index is 0.465. The van der Waals surface area contributed by atoms with Crippen molar-refractivity contribution in [2.45, 2.75) is 39.3 Å². The summed E-state index contributed by atoms with van der Waals surface area (Å²) in [5.41, 5.74) is 1.36. The first-order valence-corrected chi connectivity index (χ1v) is 5.94. The summed E-state index contributed by atoms with van der Waals surface area (Å²) >= 11 is 3.50. The number of nitrogens with one attached hydrogen (secondary N) is 1. The van der Waals surface area contributed by atoms with Gasteiger partial charge in [-0.05, 0) is 24.1 Å². The maximum absolute atomic E-state index is 3.55. The molecule has 1 aromatic rings. The predicted octanol–water partition coefficient (Wildman–Crippen LogP) is 3.90. The molecule has 78 valence electrons. The van der Waals surface area contributed by atoms with E-state index in [4.69, 9.17) is 0 Å². The normalized spacial score (nSPS) is 13.2. The van der Waals surface area contributed by atoms with Gasteiger partial charge in [-0.25, -0.2) is 0 Å². The van der Waals surface area contributed by atoms with Crippen LogP contribution in [0, 0.1) is 0 Å². The molecular weight excluding hydrogens is 238 g/mol. The summed E-state index contributed by atoms with van der Waals surface area (Å²) in [6, 6.07) is 9.50. The van der Waals surface area contributed by atoms with E-state index in [9.17, 15) is 0 Å². The van der Waals surface area contributed by atoms with Crippen molar-refractivity contribution >= 4 is 15.9 Å². The molecule has 1 rings (SSSR count). The third-order valence-electron chi connectivity index (χ3n) is 2.19. The lowest BCUT2D eigenvalue weighted by atomic mass is 10.0. The SMILES string of the molecule is CCC(NC(C)C)c1cccc(Br)c1. The molecule has 0 amide bonds. The number of hydrogen-bond donors (Lipinski definition) is 1. The Balaban J connectivity index is 2.78. The van der Waals surface area contributed by atoms with Crippen LogP contribution in [0.15, 0.2) is 28.7 Å². The number of hydrogen-bond acceptors (Lipinski definition) is 1. The number of rotatable bonds is 4. The summed E-state index contributed by atoms with van der Waals surface area (Å²) in [5.74, 6) is 0. The van der Waals surface area contributed by atoms with Crippen molar-refractivity contribution in [2.24, 2.45) is 0 Å². The summed E-state index contributed by atoms with van der Waals surface area (Å²) in [4.78, 5) is 0. The molecule has 0 spiro atoms. The van der Waals surface area contributed by atoms with Gasteiger partial charge >= 0.3 is 0 Å². The summed E-state index contributed by atoms with van der Waals surface area (Å²) < 4.78 is 1.15. The molecule has 1 atom stereocenters. The molecule has 0 saturated heterocycles. The van der Waals surface area contributed by atoms with Crippen molar-refractivity contribution in [3.63, 3.8) is 0 Å². The Morgan fingerprint density at radius 3 is 2.57 bits per heavy atom. The van der Waals surface area contributed by atoms with Crippen LogP contribution in [0.5, 0.6) is 0 Å². The fourth-order valence-electron chi connectivity index (χ4n) is 1.58. The molecule has 0 saturated carbocycles. The molecule has 0 aromatic heterocycles. The van der Waals surface area contributed by atoms with Crippen LogP contribution in [0.2, 0.25) is 0 Å². The van der Waals surface area contributed by atoms with Gasteiger partial charge in [-0.1, -0.05) is 48.8 Å². The van der Waals surface area contributed by atoms with E-state index in [0.717, 1.165) is 10.9 Å². The average Bonchev–Trinajstić information content (AvgIpc) is 2.14. The first kappa shape index (κ1) is 11.7. The van der Waals surface area contributed by atoms with Crippen LogP contribution in [0.4, 0.5) is 0 Å². The first-order valence-electron chi connectivity index (χ1n) is 5.15. The molecule has 0 radical (unpaired) electrons. The molecule has 0 heterocycles. The van der Waals surface area contributed by atoms with Crippen LogP contribution in [-0.2, 0) is 0 Å². The fourth-order valence-corrected chi connectivity index (χ4v) is 1.99. The molecule has 14 heavy (non-hydrogen) atoms. The lowest BCUT2D eigenvalue weighted by Crippen LogP contribution is -2.27. The van der Waals surface area contributed by atoms with Crippen LogP contribution < -0.4 is 5.32 Å². The van der Waals surface area contributed by atoms with Crippen molar-refractivity contribution in [1.82, 2.24) is 5.32 Å². The Morgan fingerprint density at radius 2 is 2.07 bits per heavy atom. The van der Waals surface area contributed by atoms with E-state index < -0.39 is 0 Å². The van der Waals surface area contributed by atoms with E-state index in [1.165, 1.54) is 5.56 Å². The summed E-state index contributed by atoms with van der Waals surface area (Å²) in [6.07, 6.45) is 1.12. The standard InChI is InChI=1S/C12H18BrN/c1-4-12(14-9(2)3)10-6-5-7-11(13)8-10/h5-9,12,14H,4H2,1-3H3. The average molecular weight is 256 g/mol. The topological polar surface area (TPSA) is 12.0 Å². The Labute approximate surface area is 95.0 Å². The van der Waals surface area contributed by atoms with Crippen LogP contribution in [0.25, 0.3) is 0 Å². The Kier molecular flexibility index (Phi) is 4.63. The lowest BCUT2D eigenvalue weighted by molar-refractivity contribution is 0.466. The number of benzene rings is 1. The van der Waals surface area contributed by atoms with E-state index in [1.54, 1.807) is 0 Å². The predicted molar refractivity (Wildman–Crippen MR) is 65.4 cm³/mol. The summed E-state index contributed by atoms with van der Waals surface area (Å²) in [5, 5.41) is 3.55. The van der Waals surface area contributed by atoms with Gasteiger partial charge < -0.3 is 5.32 Å². The smallest absolute Gasteiger partial charge is 0.0320 e. The molecule has 2 heteroatoms. The maximum atomic E-state index is 3.55. The van der Waals surface area contributed by atoms with E-state index >= 15 is 0 Å². The molecule has 1 aromatic carbocycles. The molecule has 1 N–H and O–H groups in total. The maximum Gasteiger partial charge on any atom is 0.0320 e. The van der Waals surface area contributed by atoms with Crippen molar-refractivity contribution in [1.29, 1.82) is 0 Å². The van der Waals surface area contributed by atoms with E-state index in [0.29, 0.717) is 12.1 Å². The van der Waals surface area contributed by atoms with E-state index in [1.807, 2.05) is 0 Å². The second kappa shape index (κ2) is 5.52. The van der Waals surface area contributed by atoms with Crippen molar-refractivity contribution in [3.05, 3.63) is 34.3 Å². The van der Waals surface area contributed by atoms with Crippen molar-refractivity contribution in [3.8, 4) is 0 Å². The van der Waals surface area contributed by atoms with Crippen LogP contribution in [-0.4, -0.2) is 6.04 Å². The highest BCUT2D eigenvalue weighted by Crippen LogP contribution is 2.20. The highest BCUT2D eigenvalue weighted by Gasteiger charge is 2.09. The van der Waals surface area contributed by atoms with Gasteiger partial charge in [-0.3, -0.25) is 0 Å². The highest BCUT2D eigenvalue weighted by atomic mass is 79.9. The van der Waals surface area contributed by atoms with Gasteiger partial charge in [0.2, 0.25) is 0 Å². The van der Waals surface area contributed by atoms with Crippen LogP contribution in [0.3, 0.4) is 0 Å². The monoisotopic (exact) mass is 255 g/mol. The third kappa shape index (κ3) is 3.43. The molecule has 0 aliphatic heterocycles. The van der Waals surface area contributed by atoms with Gasteiger partial charge in [0, 0.05) is 16.6 Å². The summed E-state index contributed by atoms with van der Waals surface area (Å²) in [6.45, 7) is 6.57. The van der Waals surface area contributed by atoms with Gasteiger partial charge in [0.25, 0.3) is 0 Å². The highest BCUT2D eigenvalue weighted by molar-refractivity contribution is 9.10. The van der Waals surface area contributed by atoms with Gasteiger partial charge in [-0.15, -0.1) is 0 Å². The second-order valence-electron chi connectivity index (χ2n) is 3.84. The second-order valence-corrected chi connectivity index (χ2v) is 4.75. The van der Waals surface area contributed by atoms with Gasteiger partial charge in [0.1, 0.15) is 0 Å². The minimum Gasteiger partial charge on any atom is -0.308 e. The lowest BCUT2D eigenvalue weighted by Gasteiger charge is -2.20. The Morgan fingerprint density at radius 1 is 1.36 bits per heavy atom. The zero-order chi connectivity index (χ0) is 10.6. The zero-order valence-electron chi connectivity index (χ0n) is 9.05. The molecule has 0 aliphatic rings. The molecular formula is C12H18BrN. The zero-order valence-corrected chi connectivity index (χ0v) is 10.6. The van der Waals surface area contributed by atoms with E-state index in [-0.39, 0.29) is 0 Å². The van der Waals surface area contributed by atoms with Crippen molar-refractivity contribution < 1.29 is 0 Å². The largest absolute Gasteiger partial charge is 0.308 e. The fraction of sp³-hybridized carbons (Fsp3) is 0.500. The molecule has 0 bridgehead atoms. The third-order valence-corrected chi connectivity index (χ3v) is 2.69. The van der Waals surface area contributed by atoms with E-state index in [2.05, 4.69) is 66.3 Å². The molecule has 1 nitrogen and oxygen atoms in total. The van der Waals surface area contributed by atoms with Gasteiger partial charge in [0.05, 0.1) is 0 Å². The Bertz CT molecular complexity index is 283. The Hall–Kier alpha value is -0.340. The van der Waals surface area contributed by atoms with Crippen molar-refractivity contribution in [2.75, 3.05) is 0 Å². The first-order chi connectivity index (χ1) is 6.63. The molecule has 0 aliphatic carbocycles. The molecule has 0 fully saturated rings. The number of halogens is 1. The minimum absolute atomic E-state index is 0.465.